The van der Waals surface area contributed by atoms with Crippen LogP contribution in [0, 0.1) is 0 Å². The number of hydrogen-bond acceptors (Lipinski definition) is 3. The van der Waals surface area contributed by atoms with Crippen LogP contribution in [-0.4, -0.2) is 39.2 Å². The Bertz CT molecular complexity index is 454. The van der Waals surface area contributed by atoms with Gasteiger partial charge in [-0.2, -0.15) is 5.10 Å². The molecule has 0 aromatic carbocycles. The third-order valence-electron chi connectivity index (χ3n) is 4.00. The van der Waals surface area contributed by atoms with E-state index in [-0.39, 0.29) is 18.0 Å². The highest BCUT2D eigenvalue weighted by molar-refractivity contribution is 5.95. The Morgan fingerprint density at radius 2 is 2.26 bits per heavy atom. The molecular weight excluding hydrogens is 240 g/mol. The SMILES string of the molecule is CCc1nn(C)cc1C(=O)N1C(C)CCCC1CN. The molecule has 2 atom stereocenters. The number of likely N-dealkylation sites (tertiary alicyclic amines) is 1. The third kappa shape index (κ3) is 2.66. The molecule has 5 nitrogen and oxygen atoms in total. The number of nitrogens with zero attached hydrogens (tertiary/aromatic N) is 3. The standard InChI is InChI=1S/C14H24N4O/c1-4-13-12(9-17(3)16-13)14(19)18-10(2)6-5-7-11(18)8-15/h9-11H,4-8,15H2,1-3H3. The maximum Gasteiger partial charge on any atom is 0.257 e. The number of hydrogen-bond donors (Lipinski definition) is 1. The molecule has 5 heteroatoms. The highest BCUT2D eigenvalue weighted by atomic mass is 16.2. The van der Waals surface area contributed by atoms with Crippen LogP contribution in [0.25, 0.3) is 0 Å². The summed E-state index contributed by atoms with van der Waals surface area (Å²) >= 11 is 0. The Morgan fingerprint density at radius 3 is 2.89 bits per heavy atom. The van der Waals surface area contributed by atoms with Gasteiger partial charge in [-0.25, -0.2) is 0 Å². The highest BCUT2D eigenvalue weighted by Gasteiger charge is 2.33. The predicted octanol–water partition coefficient (Wildman–Crippen LogP) is 1.32. The van der Waals surface area contributed by atoms with Gasteiger partial charge in [-0.15, -0.1) is 0 Å². The van der Waals surface area contributed by atoms with E-state index in [0.717, 1.165) is 36.9 Å². The molecule has 1 aromatic rings. The van der Waals surface area contributed by atoms with Crippen molar-refractivity contribution in [3.05, 3.63) is 17.5 Å². The topological polar surface area (TPSA) is 64.2 Å². The zero-order chi connectivity index (χ0) is 14.0. The Labute approximate surface area is 114 Å². The number of carbonyl (C=O) groups is 1. The number of carbonyl (C=O) groups excluding carboxylic acids is 1. The van der Waals surface area contributed by atoms with Crippen molar-refractivity contribution in [3.63, 3.8) is 0 Å². The zero-order valence-electron chi connectivity index (χ0n) is 12.1. The van der Waals surface area contributed by atoms with Gasteiger partial charge in [-0.1, -0.05) is 6.92 Å². The summed E-state index contributed by atoms with van der Waals surface area (Å²) < 4.78 is 1.72. The Balaban J connectivity index is 2.30. The van der Waals surface area contributed by atoms with Crippen LogP contribution in [0.15, 0.2) is 6.20 Å². The second kappa shape index (κ2) is 5.74. The van der Waals surface area contributed by atoms with Crippen LogP contribution in [0.4, 0.5) is 0 Å². The molecule has 1 saturated heterocycles. The fourth-order valence-electron chi connectivity index (χ4n) is 3.00. The van der Waals surface area contributed by atoms with Gasteiger partial charge in [0.05, 0.1) is 11.3 Å². The number of amides is 1. The van der Waals surface area contributed by atoms with Crippen molar-refractivity contribution in [3.8, 4) is 0 Å². The fourth-order valence-corrected chi connectivity index (χ4v) is 3.00. The van der Waals surface area contributed by atoms with Crippen LogP contribution in [0.2, 0.25) is 0 Å². The van der Waals surface area contributed by atoms with Gasteiger partial charge in [-0.3, -0.25) is 9.48 Å². The molecule has 2 rings (SSSR count). The second-order valence-corrected chi connectivity index (χ2v) is 5.40. The van der Waals surface area contributed by atoms with Crippen LogP contribution in [-0.2, 0) is 13.5 Å². The Kier molecular flexibility index (Phi) is 4.24. The summed E-state index contributed by atoms with van der Waals surface area (Å²) in [6.45, 7) is 4.68. The van der Waals surface area contributed by atoms with Crippen molar-refractivity contribution in [1.82, 2.24) is 14.7 Å². The summed E-state index contributed by atoms with van der Waals surface area (Å²) in [7, 11) is 1.86. The number of nitrogens with two attached hydrogens (primary N) is 1. The van der Waals surface area contributed by atoms with E-state index in [4.69, 9.17) is 5.73 Å². The molecule has 2 unspecified atom stereocenters. The van der Waals surface area contributed by atoms with E-state index in [1.807, 2.05) is 25.1 Å². The van der Waals surface area contributed by atoms with Gasteiger partial charge in [0.2, 0.25) is 0 Å². The number of aromatic nitrogens is 2. The van der Waals surface area contributed by atoms with Crippen molar-refractivity contribution in [2.24, 2.45) is 12.8 Å². The summed E-state index contributed by atoms with van der Waals surface area (Å²) in [6, 6.07) is 0.431. The minimum absolute atomic E-state index is 0.0904. The van der Waals surface area contributed by atoms with Crippen molar-refractivity contribution in [1.29, 1.82) is 0 Å². The highest BCUT2D eigenvalue weighted by Crippen LogP contribution is 2.25. The van der Waals surface area contributed by atoms with E-state index >= 15 is 0 Å². The first-order valence-electron chi connectivity index (χ1n) is 7.13. The summed E-state index contributed by atoms with van der Waals surface area (Å²) in [5.41, 5.74) is 7.44. The van der Waals surface area contributed by atoms with Crippen molar-refractivity contribution >= 4 is 5.91 Å². The second-order valence-electron chi connectivity index (χ2n) is 5.40. The molecule has 2 heterocycles. The van der Waals surface area contributed by atoms with E-state index in [2.05, 4.69) is 12.0 Å². The maximum atomic E-state index is 12.8. The summed E-state index contributed by atoms with van der Waals surface area (Å²) in [5, 5.41) is 4.36. The van der Waals surface area contributed by atoms with Crippen LogP contribution in [0.5, 0.6) is 0 Å². The molecule has 0 spiro atoms. The first kappa shape index (κ1) is 14.1. The van der Waals surface area contributed by atoms with E-state index < -0.39 is 0 Å². The van der Waals surface area contributed by atoms with E-state index in [9.17, 15) is 4.79 Å². The number of aryl methyl sites for hydroxylation is 2. The fraction of sp³-hybridized carbons (Fsp3) is 0.714. The molecule has 1 aromatic heterocycles. The lowest BCUT2D eigenvalue weighted by Crippen LogP contribution is -2.51. The largest absolute Gasteiger partial charge is 0.332 e. The predicted molar refractivity (Wildman–Crippen MR) is 74.9 cm³/mol. The van der Waals surface area contributed by atoms with Crippen LogP contribution in [0.3, 0.4) is 0 Å². The minimum Gasteiger partial charge on any atom is -0.332 e. The Morgan fingerprint density at radius 1 is 1.53 bits per heavy atom. The van der Waals surface area contributed by atoms with Gasteiger partial charge in [0, 0.05) is 31.9 Å². The monoisotopic (exact) mass is 264 g/mol. The number of rotatable bonds is 3. The van der Waals surface area contributed by atoms with Gasteiger partial charge in [0.1, 0.15) is 0 Å². The molecule has 1 aliphatic rings. The minimum atomic E-state index is 0.0904. The first-order chi connectivity index (χ1) is 9.08. The lowest BCUT2D eigenvalue weighted by atomic mass is 9.95. The molecule has 106 valence electrons. The lowest BCUT2D eigenvalue weighted by molar-refractivity contribution is 0.0493. The Hall–Kier alpha value is -1.36. The van der Waals surface area contributed by atoms with Crippen molar-refractivity contribution in [2.45, 2.75) is 51.6 Å². The summed E-state index contributed by atoms with van der Waals surface area (Å²) in [5.74, 6) is 0.0904. The maximum absolute atomic E-state index is 12.8. The van der Waals surface area contributed by atoms with Gasteiger partial charge in [0.15, 0.2) is 0 Å². The lowest BCUT2D eigenvalue weighted by Gasteiger charge is -2.40. The quantitative estimate of drug-likeness (QED) is 0.895. The van der Waals surface area contributed by atoms with Gasteiger partial charge in [0.25, 0.3) is 5.91 Å². The molecule has 0 radical (unpaired) electrons. The molecule has 1 amide bonds. The molecule has 1 fully saturated rings. The summed E-state index contributed by atoms with van der Waals surface area (Å²) in [6.07, 6.45) is 5.83. The van der Waals surface area contributed by atoms with Gasteiger partial charge >= 0.3 is 0 Å². The average molecular weight is 264 g/mol. The van der Waals surface area contributed by atoms with Crippen molar-refractivity contribution < 1.29 is 4.79 Å². The van der Waals surface area contributed by atoms with E-state index in [1.165, 1.54) is 0 Å². The van der Waals surface area contributed by atoms with Gasteiger partial charge < -0.3 is 10.6 Å². The molecule has 0 aliphatic carbocycles. The van der Waals surface area contributed by atoms with E-state index in [0.29, 0.717) is 6.54 Å². The summed E-state index contributed by atoms with van der Waals surface area (Å²) in [4.78, 5) is 14.8. The molecule has 19 heavy (non-hydrogen) atoms. The zero-order valence-corrected chi connectivity index (χ0v) is 12.1. The molecular formula is C14H24N4O. The van der Waals surface area contributed by atoms with Gasteiger partial charge in [-0.05, 0) is 32.6 Å². The molecule has 1 aliphatic heterocycles. The van der Waals surface area contributed by atoms with Crippen molar-refractivity contribution in [2.75, 3.05) is 6.54 Å². The van der Waals surface area contributed by atoms with Crippen LogP contribution < -0.4 is 5.73 Å². The average Bonchev–Trinajstić information content (AvgIpc) is 2.78. The molecule has 0 saturated carbocycles. The normalized spacial score (nSPS) is 23.7. The molecule has 2 N–H and O–H groups in total. The van der Waals surface area contributed by atoms with E-state index in [1.54, 1.807) is 4.68 Å². The smallest absolute Gasteiger partial charge is 0.257 e. The first-order valence-corrected chi connectivity index (χ1v) is 7.13. The third-order valence-corrected chi connectivity index (χ3v) is 4.00. The van der Waals surface area contributed by atoms with Crippen LogP contribution >= 0.6 is 0 Å². The number of piperidine rings is 1. The molecule has 0 bridgehead atoms. The van der Waals surface area contributed by atoms with Crippen LogP contribution in [0.1, 0.15) is 49.2 Å².